The van der Waals surface area contributed by atoms with Crippen LogP contribution < -0.4 is 4.74 Å². The molecule has 0 fully saturated rings. The number of para-hydroxylation sites is 1. The molecule has 4 nitrogen and oxygen atoms in total. The van der Waals surface area contributed by atoms with E-state index in [1.165, 1.54) is 6.08 Å². The van der Waals surface area contributed by atoms with E-state index in [2.05, 4.69) is 0 Å². The topological polar surface area (TPSA) is 59.3 Å². The molecule has 0 amide bonds. The zero-order valence-electron chi connectivity index (χ0n) is 11.3. The van der Waals surface area contributed by atoms with Gasteiger partial charge in [-0.3, -0.25) is 0 Å². The molecule has 4 heteroatoms. The van der Waals surface area contributed by atoms with Gasteiger partial charge < -0.3 is 9.47 Å². The van der Waals surface area contributed by atoms with E-state index in [9.17, 15) is 4.79 Å². The van der Waals surface area contributed by atoms with Gasteiger partial charge in [0, 0.05) is 5.56 Å². The highest BCUT2D eigenvalue weighted by Crippen LogP contribution is 2.22. The minimum absolute atomic E-state index is 0.0164. The first-order valence-electron chi connectivity index (χ1n) is 6.13. The third-order valence-electron chi connectivity index (χ3n) is 2.20. The number of hydrogen-bond acceptors (Lipinski definition) is 4. The highest BCUT2D eigenvalue weighted by molar-refractivity contribution is 5.98. The molecule has 0 saturated carbocycles. The molecule has 100 valence electrons. The number of nitrogens with zero attached hydrogens (tertiary/aromatic N) is 1. The molecule has 0 aliphatic rings. The third kappa shape index (κ3) is 4.47. The first-order valence-corrected chi connectivity index (χ1v) is 6.13. The minimum atomic E-state index is -0.621. The van der Waals surface area contributed by atoms with E-state index in [0.717, 1.165) is 0 Å². The van der Waals surface area contributed by atoms with Crippen LogP contribution in [0.4, 0.5) is 0 Å². The smallest absolute Gasteiger partial charge is 0.348 e. The minimum Gasteiger partial charge on any atom is -0.490 e. The number of carbonyl (C=O) groups excluding carboxylic acids is 1. The van der Waals surface area contributed by atoms with Gasteiger partial charge in [-0.15, -0.1) is 0 Å². The Morgan fingerprint density at radius 1 is 1.42 bits per heavy atom. The standard InChI is InChI=1S/C15H17NO3/c1-4-18-15(17)13(10-16)9-12-7-5-6-8-14(12)19-11(2)3/h5-9,11H,4H2,1-3H3. The van der Waals surface area contributed by atoms with Crippen LogP contribution in [0.1, 0.15) is 26.3 Å². The molecule has 0 unspecified atom stereocenters. The first kappa shape index (κ1) is 14.8. The molecule has 1 aromatic rings. The molecule has 1 aromatic carbocycles. The number of carbonyl (C=O) groups is 1. The second kappa shape index (κ2) is 7.22. The van der Waals surface area contributed by atoms with Crippen molar-refractivity contribution in [1.82, 2.24) is 0 Å². The second-order valence-corrected chi connectivity index (χ2v) is 4.09. The number of benzene rings is 1. The number of nitriles is 1. The van der Waals surface area contributed by atoms with Crippen LogP contribution in [0, 0.1) is 11.3 Å². The highest BCUT2D eigenvalue weighted by atomic mass is 16.5. The summed E-state index contributed by atoms with van der Waals surface area (Å²) < 4.78 is 10.4. The van der Waals surface area contributed by atoms with E-state index >= 15 is 0 Å². The van der Waals surface area contributed by atoms with Gasteiger partial charge in [-0.2, -0.15) is 5.26 Å². The van der Waals surface area contributed by atoms with E-state index in [1.54, 1.807) is 19.1 Å². The predicted molar refractivity (Wildman–Crippen MR) is 72.4 cm³/mol. The van der Waals surface area contributed by atoms with Gasteiger partial charge in [-0.05, 0) is 32.9 Å². The largest absolute Gasteiger partial charge is 0.490 e. The van der Waals surface area contributed by atoms with E-state index in [4.69, 9.17) is 14.7 Å². The van der Waals surface area contributed by atoms with E-state index in [-0.39, 0.29) is 18.3 Å². The molecule has 1 rings (SSSR count). The molecular weight excluding hydrogens is 242 g/mol. The lowest BCUT2D eigenvalue weighted by Crippen LogP contribution is -2.08. The van der Waals surface area contributed by atoms with E-state index < -0.39 is 5.97 Å². The van der Waals surface area contributed by atoms with Crippen LogP contribution in [0.3, 0.4) is 0 Å². The Labute approximate surface area is 113 Å². The molecule has 0 aliphatic heterocycles. The molecule has 0 aromatic heterocycles. The maximum atomic E-state index is 11.6. The average Bonchev–Trinajstić information content (AvgIpc) is 2.37. The van der Waals surface area contributed by atoms with Crippen LogP contribution in [-0.4, -0.2) is 18.7 Å². The Morgan fingerprint density at radius 2 is 2.11 bits per heavy atom. The van der Waals surface area contributed by atoms with Crippen LogP contribution in [0.25, 0.3) is 6.08 Å². The van der Waals surface area contributed by atoms with Crippen LogP contribution >= 0.6 is 0 Å². The van der Waals surface area contributed by atoms with Crippen molar-refractivity contribution in [1.29, 1.82) is 5.26 Å². The van der Waals surface area contributed by atoms with E-state index in [0.29, 0.717) is 11.3 Å². The Balaban J connectivity index is 3.08. The normalized spacial score (nSPS) is 11.0. The number of esters is 1. The monoisotopic (exact) mass is 259 g/mol. The zero-order valence-corrected chi connectivity index (χ0v) is 11.3. The summed E-state index contributed by atoms with van der Waals surface area (Å²) in [6.45, 7) is 5.76. The summed E-state index contributed by atoms with van der Waals surface area (Å²) in [7, 11) is 0. The summed E-state index contributed by atoms with van der Waals surface area (Å²) in [5, 5.41) is 9.00. The van der Waals surface area contributed by atoms with Crippen LogP contribution in [0.5, 0.6) is 5.75 Å². The van der Waals surface area contributed by atoms with Gasteiger partial charge in [0.15, 0.2) is 0 Å². The lowest BCUT2D eigenvalue weighted by molar-refractivity contribution is -0.137. The SMILES string of the molecule is CCOC(=O)C(C#N)=Cc1ccccc1OC(C)C. The van der Waals surface area contributed by atoms with Gasteiger partial charge in [-0.25, -0.2) is 4.79 Å². The fourth-order valence-electron chi connectivity index (χ4n) is 1.46. The molecule has 0 atom stereocenters. The summed E-state index contributed by atoms with van der Waals surface area (Å²) in [4.78, 5) is 11.6. The van der Waals surface area contributed by atoms with E-state index in [1.807, 2.05) is 32.0 Å². The highest BCUT2D eigenvalue weighted by Gasteiger charge is 2.11. The van der Waals surface area contributed by atoms with Crippen molar-refractivity contribution < 1.29 is 14.3 Å². The van der Waals surface area contributed by atoms with Gasteiger partial charge in [0.1, 0.15) is 17.4 Å². The Bertz CT molecular complexity index is 512. The average molecular weight is 259 g/mol. The summed E-state index contributed by atoms with van der Waals surface area (Å²) in [6.07, 6.45) is 1.50. The molecular formula is C15H17NO3. The lowest BCUT2D eigenvalue weighted by Gasteiger charge is -2.12. The molecule has 0 spiro atoms. The van der Waals surface area contributed by atoms with Crippen LogP contribution in [0.2, 0.25) is 0 Å². The van der Waals surface area contributed by atoms with Gasteiger partial charge in [0.2, 0.25) is 0 Å². The fraction of sp³-hybridized carbons (Fsp3) is 0.333. The first-order chi connectivity index (χ1) is 9.08. The van der Waals surface area contributed by atoms with Crippen molar-refractivity contribution in [3.05, 3.63) is 35.4 Å². The number of hydrogen-bond donors (Lipinski definition) is 0. The molecule has 0 aliphatic carbocycles. The van der Waals surface area contributed by atoms with Crippen molar-refractivity contribution in [2.45, 2.75) is 26.9 Å². The van der Waals surface area contributed by atoms with Gasteiger partial charge in [0.05, 0.1) is 12.7 Å². The molecule has 19 heavy (non-hydrogen) atoms. The molecule has 0 saturated heterocycles. The third-order valence-corrected chi connectivity index (χ3v) is 2.20. The Kier molecular flexibility index (Phi) is 5.62. The quantitative estimate of drug-likeness (QED) is 0.463. The van der Waals surface area contributed by atoms with Gasteiger partial charge in [0.25, 0.3) is 0 Å². The maximum Gasteiger partial charge on any atom is 0.348 e. The van der Waals surface area contributed by atoms with Crippen molar-refractivity contribution in [3.63, 3.8) is 0 Å². The van der Waals surface area contributed by atoms with Gasteiger partial charge in [-0.1, -0.05) is 18.2 Å². The maximum absolute atomic E-state index is 11.6. The predicted octanol–water partition coefficient (Wildman–Crippen LogP) is 2.94. The summed E-state index contributed by atoms with van der Waals surface area (Å²) in [5.74, 6) is 0.0129. The van der Waals surface area contributed by atoms with Gasteiger partial charge >= 0.3 is 5.97 Å². The Hall–Kier alpha value is -2.28. The molecule has 0 bridgehead atoms. The van der Waals surface area contributed by atoms with Crippen molar-refractivity contribution >= 4 is 12.0 Å². The molecule has 0 radical (unpaired) electrons. The summed E-state index contributed by atoms with van der Waals surface area (Å²) in [6, 6.07) is 9.09. The van der Waals surface area contributed by atoms with Crippen molar-refractivity contribution in [2.75, 3.05) is 6.61 Å². The number of rotatable bonds is 5. The summed E-state index contributed by atoms with van der Waals surface area (Å²) >= 11 is 0. The van der Waals surface area contributed by atoms with Crippen molar-refractivity contribution in [2.24, 2.45) is 0 Å². The fourth-order valence-corrected chi connectivity index (χ4v) is 1.46. The molecule has 0 heterocycles. The second-order valence-electron chi connectivity index (χ2n) is 4.09. The molecule has 0 N–H and O–H groups in total. The van der Waals surface area contributed by atoms with Crippen molar-refractivity contribution in [3.8, 4) is 11.8 Å². The Morgan fingerprint density at radius 3 is 2.68 bits per heavy atom. The van der Waals surface area contributed by atoms with Crippen LogP contribution in [0.15, 0.2) is 29.8 Å². The lowest BCUT2D eigenvalue weighted by atomic mass is 10.1. The summed E-state index contributed by atoms with van der Waals surface area (Å²) in [5.41, 5.74) is 0.641. The zero-order chi connectivity index (χ0) is 14.3. The van der Waals surface area contributed by atoms with Crippen LogP contribution in [-0.2, 0) is 9.53 Å². The number of ether oxygens (including phenoxy) is 2.